The first-order valence-corrected chi connectivity index (χ1v) is 11.5. The van der Waals surface area contributed by atoms with Crippen LogP contribution in [0.1, 0.15) is 51.1 Å². The fourth-order valence-electron chi connectivity index (χ4n) is 3.40. The van der Waals surface area contributed by atoms with E-state index in [0.29, 0.717) is 11.7 Å². The molecule has 1 fully saturated rings. The molecule has 0 radical (unpaired) electrons. The molecule has 1 aliphatic carbocycles. The average molecular weight is 407 g/mol. The summed E-state index contributed by atoms with van der Waals surface area (Å²) in [4.78, 5) is 18.1. The van der Waals surface area contributed by atoms with Crippen molar-refractivity contribution in [2.45, 2.75) is 56.9 Å². The molecule has 1 aromatic carbocycles. The van der Waals surface area contributed by atoms with Crippen molar-refractivity contribution in [2.24, 2.45) is 4.99 Å². The van der Waals surface area contributed by atoms with Crippen molar-refractivity contribution < 1.29 is 9.00 Å². The fraction of sp³-hybridized carbons (Fsp3) is 0.619. The van der Waals surface area contributed by atoms with E-state index in [4.69, 9.17) is 0 Å². The third kappa shape index (κ3) is 6.93. The van der Waals surface area contributed by atoms with Crippen LogP contribution in [0.4, 0.5) is 0 Å². The number of hydrogen-bond acceptors (Lipinski definition) is 3. The predicted molar refractivity (Wildman–Crippen MR) is 117 cm³/mol. The van der Waals surface area contributed by atoms with Crippen LogP contribution in [0.25, 0.3) is 0 Å². The highest BCUT2D eigenvalue weighted by Crippen LogP contribution is 2.23. The molecule has 6 nitrogen and oxygen atoms in total. The van der Waals surface area contributed by atoms with Gasteiger partial charge in [0.2, 0.25) is 5.91 Å². The summed E-state index contributed by atoms with van der Waals surface area (Å²) in [5, 5.41) is 7.16. The number of aliphatic imine (C=N–C) groups is 1. The molecule has 7 heteroatoms. The van der Waals surface area contributed by atoms with Gasteiger partial charge in [0.1, 0.15) is 6.54 Å². The number of hydrogen-bond donors (Lipinski definition) is 2. The Morgan fingerprint density at radius 1 is 1.29 bits per heavy atom. The van der Waals surface area contributed by atoms with Gasteiger partial charge in [-0.2, -0.15) is 0 Å². The van der Waals surface area contributed by atoms with Gasteiger partial charge < -0.3 is 15.5 Å². The largest absolute Gasteiger partial charge is 0.354 e. The second-order valence-corrected chi connectivity index (χ2v) is 9.53. The normalized spacial score (nSPS) is 22.2. The molecular formula is C21H34N4O2S. The summed E-state index contributed by atoms with van der Waals surface area (Å²) >= 11 is 0. The molecule has 0 aliphatic heterocycles. The molecule has 4 atom stereocenters. The van der Waals surface area contributed by atoms with Gasteiger partial charge in [0.25, 0.3) is 0 Å². The summed E-state index contributed by atoms with van der Waals surface area (Å²) in [6, 6.07) is 10.4. The molecular weight excluding hydrogens is 372 g/mol. The van der Waals surface area contributed by atoms with Gasteiger partial charge in [0.15, 0.2) is 5.96 Å². The fourth-order valence-corrected chi connectivity index (χ4v) is 4.74. The molecule has 0 heterocycles. The monoisotopic (exact) mass is 406 g/mol. The van der Waals surface area contributed by atoms with Crippen LogP contribution in [-0.4, -0.2) is 58.7 Å². The highest BCUT2D eigenvalue weighted by Gasteiger charge is 2.26. The number of rotatable bonds is 7. The van der Waals surface area contributed by atoms with Gasteiger partial charge in [0, 0.05) is 41.9 Å². The topological polar surface area (TPSA) is 73.8 Å². The van der Waals surface area contributed by atoms with E-state index in [1.54, 1.807) is 19.0 Å². The summed E-state index contributed by atoms with van der Waals surface area (Å²) in [6.45, 7) is 4.16. The Morgan fingerprint density at radius 3 is 2.64 bits per heavy atom. The number of amides is 1. The third-order valence-corrected chi connectivity index (χ3v) is 6.89. The highest BCUT2D eigenvalue weighted by molar-refractivity contribution is 7.85. The van der Waals surface area contributed by atoms with Crippen molar-refractivity contribution >= 4 is 22.7 Å². The summed E-state index contributed by atoms with van der Waals surface area (Å²) in [5.74, 6) is 1.31. The Morgan fingerprint density at radius 2 is 2.00 bits per heavy atom. The molecule has 1 saturated carbocycles. The maximum Gasteiger partial charge on any atom is 0.243 e. The third-order valence-electron chi connectivity index (χ3n) is 5.15. The SMILES string of the molecule is CCS(=O)C1CCCC(NC(=NCC(=O)N(C)C)NC(C)c2ccccc2)C1. The highest BCUT2D eigenvalue weighted by atomic mass is 32.2. The summed E-state index contributed by atoms with van der Waals surface area (Å²) < 4.78 is 12.2. The maximum absolute atomic E-state index is 12.2. The lowest BCUT2D eigenvalue weighted by atomic mass is 9.95. The number of nitrogens with one attached hydrogen (secondary N) is 2. The van der Waals surface area contributed by atoms with E-state index in [2.05, 4.69) is 34.7 Å². The number of guanidine groups is 1. The van der Waals surface area contributed by atoms with Crippen LogP contribution in [0, 0.1) is 0 Å². The summed E-state index contributed by atoms with van der Waals surface area (Å²) in [7, 11) is 2.70. The predicted octanol–water partition coefficient (Wildman–Crippen LogP) is 2.45. The van der Waals surface area contributed by atoms with Crippen LogP contribution < -0.4 is 10.6 Å². The van der Waals surface area contributed by atoms with Crippen molar-refractivity contribution in [1.82, 2.24) is 15.5 Å². The van der Waals surface area contributed by atoms with Crippen LogP contribution in [0.2, 0.25) is 0 Å². The lowest BCUT2D eigenvalue weighted by Crippen LogP contribution is -2.47. The lowest BCUT2D eigenvalue weighted by Gasteiger charge is -2.31. The van der Waals surface area contributed by atoms with E-state index >= 15 is 0 Å². The van der Waals surface area contributed by atoms with Gasteiger partial charge in [-0.1, -0.05) is 43.7 Å². The first kappa shape index (κ1) is 22.4. The maximum atomic E-state index is 12.2. The second kappa shape index (κ2) is 11.2. The Hall–Kier alpha value is -1.89. The van der Waals surface area contributed by atoms with Crippen LogP contribution in [0.3, 0.4) is 0 Å². The molecule has 156 valence electrons. The lowest BCUT2D eigenvalue weighted by molar-refractivity contribution is -0.127. The zero-order chi connectivity index (χ0) is 20.5. The van der Waals surface area contributed by atoms with Gasteiger partial charge >= 0.3 is 0 Å². The van der Waals surface area contributed by atoms with Crippen LogP contribution >= 0.6 is 0 Å². The van der Waals surface area contributed by atoms with E-state index in [1.165, 1.54) is 0 Å². The Bertz CT molecular complexity index is 678. The average Bonchev–Trinajstić information content (AvgIpc) is 2.71. The smallest absolute Gasteiger partial charge is 0.243 e. The molecule has 0 bridgehead atoms. The number of carbonyl (C=O) groups excluding carboxylic acids is 1. The first-order chi connectivity index (χ1) is 13.4. The van der Waals surface area contributed by atoms with Gasteiger partial charge in [-0.25, -0.2) is 4.99 Å². The standard InChI is InChI=1S/C21H34N4O2S/c1-5-28(27)19-13-9-12-18(14-19)24-21(22-15-20(26)25(3)4)23-16(2)17-10-7-6-8-11-17/h6-8,10-11,16,18-19H,5,9,12-15H2,1-4H3,(H2,22,23,24). The first-order valence-electron chi connectivity index (χ1n) is 10.1. The molecule has 2 N–H and O–H groups in total. The van der Waals surface area contributed by atoms with Crippen LogP contribution in [0.5, 0.6) is 0 Å². The molecule has 1 aromatic rings. The van der Waals surface area contributed by atoms with Crippen LogP contribution in [0.15, 0.2) is 35.3 Å². The van der Waals surface area contributed by atoms with Gasteiger partial charge in [-0.05, 0) is 31.7 Å². The van der Waals surface area contributed by atoms with Crippen molar-refractivity contribution in [3.05, 3.63) is 35.9 Å². The Labute approximate surface area is 171 Å². The molecule has 0 aromatic heterocycles. The molecule has 0 spiro atoms. The van der Waals surface area contributed by atoms with Gasteiger partial charge in [0.05, 0.1) is 6.04 Å². The quantitative estimate of drug-likeness (QED) is 0.539. The molecule has 0 saturated heterocycles. The van der Waals surface area contributed by atoms with E-state index in [1.807, 2.05) is 25.1 Å². The number of likely N-dealkylation sites (N-methyl/N-ethyl adjacent to an activating group) is 1. The number of benzene rings is 1. The van der Waals surface area contributed by atoms with Crippen molar-refractivity contribution in [1.29, 1.82) is 0 Å². The van der Waals surface area contributed by atoms with Crippen molar-refractivity contribution in [2.75, 3.05) is 26.4 Å². The van der Waals surface area contributed by atoms with E-state index in [9.17, 15) is 9.00 Å². The number of carbonyl (C=O) groups is 1. The molecule has 4 unspecified atom stereocenters. The second-order valence-electron chi connectivity index (χ2n) is 7.53. The Balaban J connectivity index is 2.08. The van der Waals surface area contributed by atoms with Gasteiger partial charge in [-0.15, -0.1) is 0 Å². The van der Waals surface area contributed by atoms with Gasteiger partial charge in [-0.3, -0.25) is 9.00 Å². The summed E-state index contributed by atoms with van der Waals surface area (Å²) in [6.07, 6.45) is 3.99. The minimum Gasteiger partial charge on any atom is -0.354 e. The summed E-state index contributed by atoms with van der Waals surface area (Å²) in [5.41, 5.74) is 1.16. The molecule has 1 amide bonds. The van der Waals surface area contributed by atoms with E-state index in [0.717, 1.165) is 31.2 Å². The zero-order valence-corrected chi connectivity index (χ0v) is 18.3. The molecule has 1 aliphatic rings. The molecule has 2 rings (SSSR count). The van der Waals surface area contributed by atoms with Crippen molar-refractivity contribution in [3.63, 3.8) is 0 Å². The van der Waals surface area contributed by atoms with Crippen molar-refractivity contribution in [3.8, 4) is 0 Å². The van der Waals surface area contributed by atoms with E-state index in [-0.39, 0.29) is 29.8 Å². The minimum atomic E-state index is -0.768. The zero-order valence-electron chi connectivity index (χ0n) is 17.5. The van der Waals surface area contributed by atoms with Crippen LogP contribution in [-0.2, 0) is 15.6 Å². The number of nitrogens with zero attached hydrogens (tertiary/aromatic N) is 2. The minimum absolute atomic E-state index is 0.0397. The Kier molecular flexibility index (Phi) is 8.96. The molecule has 28 heavy (non-hydrogen) atoms. The van der Waals surface area contributed by atoms with E-state index < -0.39 is 10.8 Å².